The van der Waals surface area contributed by atoms with Crippen molar-refractivity contribution in [2.24, 2.45) is 5.41 Å². The summed E-state index contributed by atoms with van der Waals surface area (Å²) in [5.41, 5.74) is -0.860. The summed E-state index contributed by atoms with van der Waals surface area (Å²) in [5, 5.41) is 11.5. The number of amides is 1. The smallest absolute Gasteiger partial charge is 0.240 e. The molecule has 0 radical (unpaired) electrons. The van der Waals surface area contributed by atoms with E-state index in [0.29, 0.717) is 25.7 Å². The minimum atomic E-state index is -3.01. The first-order chi connectivity index (χ1) is 7.47. The van der Waals surface area contributed by atoms with Gasteiger partial charge in [0.05, 0.1) is 17.6 Å². The fourth-order valence-electron chi connectivity index (χ4n) is 1.97. The van der Waals surface area contributed by atoms with Gasteiger partial charge in [-0.15, -0.1) is 0 Å². The Kier molecular flexibility index (Phi) is 2.66. The van der Waals surface area contributed by atoms with E-state index in [0.717, 1.165) is 0 Å². The Morgan fingerprint density at radius 1 is 1.44 bits per heavy atom. The predicted molar refractivity (Wildman–Crippen MR) is 57.1 cm³/mol. The van der Waals surface area contributed by atoms with Crippen LogP contribution in [0.4, 0.5) is 0 Å². The van der Waals surface area contributed by atoms with Crippen LogP contribution in [-0.2, 0) is 14.6 Å². The molecular weight excluding hydrogens is 228 g/mol. The SMILES string of the molecule is N#CC1(C(=O)NC2CCCS(=O)(=O)C2)CC1. The van der Waals surface area contributed by atoms with Gasteiger partial charge in [-0.25, -0.2) is 8.42 Å². The number of carbonyl (C=O) groups excluding carboxylic acids is 1. The van der Waals surface area contributed by atoms with E-state index in [2.05, 4.69) is 5.32 Å². The Labute approximate surface area is 94.7 Å². The first-order valence-corrected chi connectivity index (χ1v) is 7.22. The number of carbonyl (C=O) groups is 1. The second-order valence-electron chi connectivity index (χ2n) is 4.62. The number of rotatable bonds is 2. The molecule has 16 heavy (non-hydrogen) atoms. The minimum absolute atomic E-state index is 0.0141. The summed E-state index contributed by atoms with van der Waals surface area (Å²) < 4.78 is 22.7. The maximum atomic E-state index is 11.7. The Morgan fingerprint density at radius 3 is 2.62 bits per heavy atom. The van der Waals surface area contributed by atoms with Crippen LogP contribution in [0.5, 0.6) is 0 Å². The number of nitrogens with zero attached hydrogens (tertiary/aromatic N) is 1. The van der Waals surface area contributed by atoms with Crippen molar-refractivity contribution in [3.8, 4) is 6.07 Å². The normalized spacial score (nSPS) is 30.1. The van der Waals surface area contributed by atoms with Crippen molar-refractivity contribution in [3.05, 3.63) is 0 Å². The van der Waals surface area contributed by atoms with Crippen molar-refractivity contribution in [2.75, 3.05) is 11.5 Å². The van der Waals surface area contributed by atoms with Gasteiger partial charge >= 0.3 is 0 Å². The van der Waals surface area contributed by atoms with E-state index in [1.54, 1.807) is 0 Å². The molecule has 1 N–H and O–H groups in total. The first kappa shape index (κ1) is 11.4. The molecule has 0 aromatic heterocycles. The monoisotopic (exact) mass is 242 g/mol. The van der Waals surface area contributed by atoms with Gasteiger partial charge in [-0.3, -0.25) is 4.79 Å². The molecule has 0 bridgehead atoms. The van der Waals surface area contributed by atoms with Crippen LogP contribution >= 0.6 is 0 Å². The Morgan fingerprint density at radius 2 is 2.12 bits per heavy atom. The van der Waals surface area contributed by atoms with Crippen LogP contribution in [0.25, 0.3) is 0 Å². The van der Waals surface area contributed by atoms with Gasteiger partial charge in [-0.1, -0.05) is 0 Å². The highest BCUT2D eigenvalue weighted by atomic mass is 32.2. The zero-order valence-electron chi connectivity index (χ0n) is 8.90. The number of nitriles is 1. The van der Waals surface area contributed by atoms with E-state index in [1.807, 2.05) is 6.07 Å². The summed E-state index contributed by atoms with van der Waals surface area (Å²) in [7, 11) is -3.01. The van der Waals surface area contributed by atoms with Crippen LogP contribution in [0.2, 0.25) is 0 Å². The molecule has 1 atom stereocenters. The van der Waals surface area contributed by atoms with Gasteiger partial charge < -0.3 is 5.32 Å². The van der Waals surface area contributed by atoms with Crippen LogP contribution in [0.3, 0.4) is 0 Å². The van der Waals surface area contributed by atoms with Crippen LogP contribution in [0, 0.1) is 16.7 Å². The maximum Gasteiger partial charge on any atom is 0.240 e. The van der Waals surface area contributed by atoms with Crippen molar-refractivity contribution in [2.45, 2.75) is 31.7 Å². The summed E-state index contributed by atoms with van der Waals surface area (Å²) >= 11 is 0. The summed E-state index contributed by atoms with van der Waals surface area (Å²) in [5.74, 6) is -0.0691. The third kappa shape index (κ3) is 2.19. The van der Waals surface area contributed by atoms with Gasteiger partial charge in [0.25, 0.3) is 0 Å². The fraction of sp³-hybridized carbons (Fsp3) is 0.800. The first-order valence-electron chi connectivity index (χ1n) is 5.40. The molecule has 1 aliphatic heterocycles. The molecule has 0 aromatic rings. The quantitative estimate of drug-likeness (QED) is 0.737. The van der Waals surface area contributed by atoms with E-state index in [4.69, 9.17) is 5.26 Å². The third-order valence-electron chi connectivity index (χ3n) is 3.20. The van der Waals surface area contributed by atoms with Crippen molar-refractivity contribution in [1.29, 1.82) is 5.26 Å². The zero-order chi connectivity index (χ0) is 11.8. The highest BCUT2D eigenvalue weighted by Crippen LogP contribution is 2.45. The van der Waals surface area contributed by atoms with Gasteiger partial charge in [-0.2, -0.15) is 5.26 Å². The largest absolute Gasteiger partial charge is 0.351 e. The molecule has 88 valence electrons. The van der Waals surface area contributed by atoms with Gasteiger partial charge in [0.15, 0.2) is 9.84 Å². The average molecular weight is 242 g/mol. The molecule has 0 aromatic carbocycles. The molecule has 1 aliphatic carbocycles. The Bertz CT molecular complexity index is 445. The standard InChI is InChI=1S/C10H14N2O3S/c11-7-10(3-4-10)9(13)12-8-2-1-5-16(14,15)6-8/h8H,1-6H2,(H,12,13). The number of sulfone groups is 1. The molecule has 6 heteroatoms. The molecule has 1 heterocycles. The van der Waals surface area contributed by atoms with Crippen molar-refractivity contribution < 1.29 is 13.2 Å². The lowest BCUT2D eigenvalue weighted by atomic mass is 10.1. The summed E-state index contributed by atoms with van der Waals surface area (Å²) in [6.07, 6.45) is 2.46. The maximum absolute atomic E-state index is 11.7. The topological polar surface area (TPSA) is 87.0 Å². The Hall–Kier alpha value is -1.09. The molecule has 5 nitrogen and oxygen atoms in total. The van der Waals surface area contributed by atoms with Crippen LogP contribution in [-0.4, -0.2) is 31.9 Å². The number of hydrogen-bond acceptors (Lipinski definition) is 4. The minimum Gasteiger partial charge on any atom is -0.351 e. The third-order valence-corrected chi connectivity index (χ3v) is 5.02. The van der Waals surface area contributed by atoms with Gasteiger partial charge in [0.2, 0.25) is 5.91 Å². The van der Waals surface area contributed by atoms with E-state index >= 15 is 0 Å². The highest BCUT2D eigenvalue weighted by molar-refractivity contribution is 7.91. The van der Waals surface area contributed by atoms with Gasteiger partial charge in [-0.05, 0) is 25.7 Å². The fourth-order valence-corrected chi connectivity index (χ4v) is 3.61. The molecule has 1 saturated carbocycles. The van der Waals surface area contributed by atoms with E-state index in [1.165, 1.54) is 0 Å². The van der Waals surface area contributed by atoms with Crippen molar-refractivity contribution in [3.63, 3.8) is 0 Å². The molecule has 1 saturated heterocycles. The van der Waals surface area contributed by atoms with Crippen molar-refractivity contribution >= 4 is 15.7 Å². The van der Waals surface area contributed by atoms with Crippen LogP contribution in [0.15, 0.2) is 0 Å². The lowest BCUT2D eigenvalue weighted by molar-refractivity contribution is -0.125. The summed E-state index contributed by atoms with van der Waals surface area (Å²) in [6.45, 7) is 0. The molecule has 1 unspecified atom stereocenters. The second kappa shape index (κ2) is 3.74. The summed E-state index contributed by atoms with van der Waals surface area (Å²) in [4.78, 5) is 11.7. The van der Waals surface area contributed by atoms with Gasteiger partial charge in [0.1, 0.15) is 5.41 Å². The second-order valence-corrected chi connectivity index (χ2v) is 6.85. The van der Waals surface area contributed by atoms with Crippen molar-refractivity contribution in [1.82, 2.24) is 5.32 Å². The molecule has 2 aliphatic rings. The number of hydrogen-bond donors (Lipinski definition) is 1. The molecular formula is C10H14N2O3S. The lowest BCUT2D eigenvalue weighted by Gasteiger charge is -2.23. The number of nitrogens with one attached hydrogen (secondary N) is 1. The molecule has 2 fully saturated rings. The van der Waals surface area contributed by atoms with E-state index in [-0.39, 0.29) is 23.5 Å². The lowest BCUT2D eigenvalue weighted by Crippen LogP contribution is -2.45. The van der Waals surface area contributed by atoms with Gasteiger partial charge in [0, 0.05) is 6.04 Å². The highest BCUT2D eigenvalue weighted by Gasteiger charge is 2.51. The van der Waals surface area contributed by atoms with Crippen LogP contribution < -0.4 is 5.32 Å². The zero-order valence-corrected chi connectivity index (χ0v) is 9.72. The molecule has 1 amide bonds. The molecule has 0 spiro atoms. The van der Waals surface area contributed by atoms with E-state index < -0.39 is 15.3 Å². The molecule has 2 rings (SSSR count). The predicted octanol–water partition coefficient (Wildman–Crippen LogP) is -0.0164. The van der Waals surface area contributed by atoms with E-state index in [9.17, 15) is 13.2 Å². The summed E-state index contributed by atoms with van der Waals surface area (Å²) in [6, 6.07) is 1.69. The average Bonchev–Trinajstić information content (AvgIpc) is 2.96. The Balaban J connectivity index is 1.96. The van der Waals surface area contributed by atoms with Crippen LogP contribution in [0.1, 0.15) is 25.7 Å².